The maximum atomic E-state index is 6.30. The van der Waals surface area contributed by atoms with Gasteiger partial charge in [0.1, 0.15) is 26.4 Å². The molecule has 4 aliphatic heterocycles. The second-order valence-electron chi connectivity index (χ2n) is 18.0. The summed E-state index contributed by atoms with van der Waals surface area (Å²) in [5, 5.41) is 0. The van der Waals surface area contributed by atoms with Crippen LogP contribution in [0.4, 0.5) is 34.1 Å². The van der Waals surface area contributed by atoms with Gasteiger partial charge in [0.15, 0.2) is 23.0 Å². The van der Waals surface area contributed by atoms with Gasteiger partial charge in [-0.3, -0.25) is 0 Å². The lowest BCUT2D eigenvalue weighted by Crippen LogP contribution is -2.61. The normalized spacial score (nSPS) is 15.8. The summed E-state index contributed by atoms with van der Waals surface area (Å²) in [6.07, 6.45) is 0. The van der Waals surface area contributed by atoms with E-state index in [1.807, 2.05) is 6.07 Å². The minimum absolute atomic E-state index is 0.0328. The van der Waals surface area contributed by atoms with Crippen LogP contribution in [0, 0.1) is 0 Å². The Balaban J connectivity index is 1.39. The molecule has 0 atom stereocenters. The summed E-state index contributed by atoms with van der Waals surface area (Å²) in [6, 6.07) is 31.9. The lowest BCUT2D eigenvalue weighted by Gasteiger charge is -2.45. The summed E-state index contributed by atoms with van der Waals surface area (Å²) in [5.41, 5.74) is 14.3. The summed E-state index contributed by atoms with van der Waals surface area (Å²) in [6.45, 7) is 22.7. The third-order valence-electron chi connectivity index (χ3n) is 11.2. The van der Waals surface area contributed by atoms with Crippen LogP contribution >= 0.6 is 0 Å². The molecule has 9 rings (SSSR count). The molecule has 0 aliphatic carbocycles. The van der Waals surface area contributed by atoms with Crippen LogP contribution in [0.25, 0.3) is 0 Å². The number of hydrogen-bond acceptors (Lipinski definition) is 6. The highest BCUT2D eigenvalue weighted by atomic mass is 16.6. The standard InChI is InChI=1S/C46H49BN2O4/c1-44(2,3)28-10-13-31(14-11-28)48-35-16-12-29(45(4,5)6)22-33(35)47-34-26-41-42(53-21-20-52-41)27-36(34)49(32-15-17-39-40(25-32)51-19-18-50-39)38-24-30(46(7,8)9)23-37(48)43(38)47/h10-17,22-27H,18-21H2,1-9H3. The van der Waals surface area contributed by atoms with Gasteiger partial charge in [-0.25, -0.2) is 0 Å². The molecule has 0 saturated carbocycles. The number of fused-ring (bicyclic) bond motifs is 6. The molecular weight excluding hydrogens is 655 g/mol. The van der Waals surface area contributed by atoms with Crippen LogP contribution in [0.15, 0.2) is 84.9 Å². The van der Waals surface area contributed by atoms with Gasteiger partial charge in [0.2, 0.25) is 0 Å². The number of benzene rings is 5. The fourth-order valence-corrected chi connectivity index (χ4v) is 8.27. The largest absolute Gasteiger partial charge is 0.486 e. The van der Waals surface area contributed by atoms with Crippen molar-refractivity contribution < 1.29 is 18.9 Å². The molecule has 4 aliphatic rings. The molecule has 7 heteroatoms. The van der Waals surface area contributed by atoms with Gasteiger partial charge in [-0.2, -0.15) is 0 Å². The molecule has 53 heavy (non-hydrogen) atoms. The first-order valence-corrected chi connectivity index (χ1v) is 19.0. The first-order chi connectivity index (χ1) is 25.2. The number of hydrogen-bond donors (Lipinski definition) is 0. The Hall–Kier alpha value is -5.04. The van der Waals surface area contributed by atoms with Crippen molar-refractivity contribution in [2.75, 3.05) is 36.2 Å². The summed E-state index contributed by atoms with van der Waals surface area (Å²) < 4.78 is 24.7. The minimum atomic E-state index is -0.120. The smallest absolute Gasteiger partial charge is 0.252 e. The molecule has 270 valence electrons. The van der Waals surface area contributed by atoms with Crippen LogP contribution in [0.1, 0.15) is 79.0 Å². The van der Waals surface area contributed by atoms with Crippen LogP contribution in [0.5, 0.6) is 23.0 Å². The van der Waals surface area contributed by atoms with E-state index in [9.17, 15) is 0 Å². The highest BCUT2D eigenvalue weighted by Crippen LogP contribution is 2.49. The molecule has 6 nitrogen and oxygen atoms in total. The molecular formula is C46H49BN2O4. The number of ether oxygens (including phenoxy) is 4. The third-order valence-corrected chi connectivity index (χ3v) is 11.2. The van der Waals surface area contributed by atoms with E-state index in [0.29, 0.717) is 26.4 Å². The number of anilines is 6. The van der Waals surface area contributed by atoms with E-state index in [1.54, 1.807) is 0 Å². The highest BCUT2D eigenvalue weighted by molar-refractivity contribution is 7.00. The maximum absolute atomic E-state index is 6.30. The molecule has 0 N–H and O–H groups in total. The average Bonchev–Trinajstić information content (AvgIpc) is 3.12. The van der Waals surface area contributed by atoms with Crippen molar-refractivity contribution in [2.45, 2.75) is 78.6 Å². The molecule has 4 heterocycles. The van der Waals surface area contributed by atoms with Gasteiger partial charge in [-0.15, -0.1) is 0 Å². The van der Waals surface area contributed by atoms with E-state index < -0.39 is 0 Å². The Labute approximate surface area is 314 Å². The molecule has 0 unspecified atom stereocenters. The Bertz CT molecular complexity index is 2280. The van der Waals surface area contributed by atoms with Gasteiger partial charge >= 0.3 is 0 Å². The first kappa shape index (κ1) is 33.8. The van der Waals surface area contributed by atoms with Crippen LogP contribution in [0.2, 0.25) is 0 Å². The van der Waals surface area contributed by atoms with Crippen molar-refractivity contribution in [2.24, 2.45) is 0 Å². The topological polar surface area (TPSA) is 43.4 Å². The van der Waals surface area contributed by atoms with Crippen LogP contribution in [0.3, 0.4) is 0 Å². The lowest BCUT2D eigenvalue weighted by atomic mass is 9.33. The van der Waals surface area contributed by atoms with Gasteiger partial charge in [0.05, 0.1) is 5.69 Å². The van der Waals surface area contributed by atoms with Crippen LogP contribution in [-0.2, 0) is 16.2 Å². The fourth-order valence-electron chi connectivity index (χ4n) is 8.27. The Morgan fingerprint density at radius 1 is 0.415 bits per heavy atom. The van der Waals surface area contributed by atoms with Gasteiger partial charge in [0, 0.05) is 40.6 Å². The van der Waals surface area contributed by atoms with E-state index in [0.717, 1.165) is 45.7 Å². The first-order valence-electron chi connectivity index (χ1n) is 19.0. The third kappa shape index (κ3) is 5.54. The number of nitrogens with zero attached hydrogens (tertiary/aromatic N) is 2. The van der Waals surface area contributed by atoms with Crippen molar-refractivity contribution in [3.63, 3.8) is 0 Å². The molecule has 0 spiro atoms. The molecule has 0 aromatic heterocycles. The zero-order chi connectivity index (χ0) is 37.0. The molecule has 0 bridgehead atoms. The maximum Gasteiger partial charge on any atom is 0.252 e. The van der Waals surface area contributed by atoms with E-state index >= 15 is 0 Å². The van der Waals surface area contributed by atoms with E-state index in [1.165, 1.54) is 44.5 Å². The molecule has 0 fully saturated rings. The SMILES string of the molecule is CC(C)(C)c1ccc(N2c3ccc(C(C)(C)C)cc3B3c4cc5c(cc4N(c4ccc6c(c4)OCCO6)c4cc(C(C)(C)C)cc2c43)OCCO5)cc1. The quantitative estimate of drug-likeness (QED) is 0.167. The van der Waals surface area contributed by atoms with Gasteiger partial charge in [-0.1, -0.05) is 86.6 Å². The lowest BCUT2D eigenvalue weighted by molar-refractivity contribution is 0.171. The second kappa shape index (κ2) is 11.7. The van der Waals surface area contributed by atoms with Gasteiger partial charge in [-0.05, 0) is 97.9 Å². The van der Waals surface area contributed by atoms with Gasteiger partial charge < -0.3 is 28.7 Å². The summed E-state index contributed by atoms with van der Waals surface area (Å²) in [7, 11) is 0. The van der Waals surface area contributed by atoms with E-state index in [4.69, 9.17) is 18.9 Å². The highest BCUT2D eigenvalue weighted by Gasteiger charge is 2.45. The van der Waals surface area contributed by atoms with E-state index in [2.05, 4.69) is 151 Å². The predicted octanol–water partition coefficient (Wildman–Crippen LogP) is 9.20. The van der Waals surface area contributed by atoms with Crippen LogP contribution in [-0.4, -0.2) is 33.1 Å². The monoisotopic (exact) mass is 704 g/mol. The van der Waals surface area contributed by atoms with Crippen LogP contribution < -0.4 is 45.1 Å². The Kier molecular flexibility index (Phi) is 7.48. The summed E-state index contributed by atoms with van der Waals surface area (Å²) in [4.78, 5) is 4.92. The molecule has 0 radical (unpaired) electrons. The van der Waals surface area contributed by atoms with Crippen molar-refractivity contribution in [3.05, 3.63) is 102 Å². The van der Waals surface area contributed by atoms with Crippen molar-refractivity contribution in [3.8, 4) is 23.0 Å². The number of rotatable bonds is 2. The average molecular weight is 705 g/mol. The van der Waals surface area contributed by atoms with E-state index in [-0.39, 0.29) is 23.0 Å². The molecule has 5 aromatic rings. The zero-order valence-corrected chi connectivity index (χ0v) is 32.5. The van der Waals surface area contributed by atoms with Gasteiger partial charge in [0.25, 0.3) is 6.71 Å². The summed E-state index contributed by atoms with van der Waals surface area (Å²) >= 11 is 0. The minimum Gasteiger partial charge on any atom is -0.486 e. The van der Waals surface area contributed by atoms with Crippen molar-refractivity contribution in [1.82, 2.24) is 0 Å². The molecule has 5 aromatic carbocycles. The van der Waals surface area contributed by atoms with Crippen molar-refractivity contribution >= 4 is 57.2 Å². The Morgan fingerprint density at radius 2 is 0.906 bits per heavy atom. The second-order valence-corrected chi connectivity index (χ2v) is 18.0. The predicted molar refractivity (Wildman–Crippen MR) is 219 cm³/mol. The van der Waals surface area contributed by atoms with Crippen molar-refractivity contribution in [1.29, 1.82) is 0 Å². The Morgan fingerprint density at radius 3 is 1.51 bits per heavy atom. The fraction of sp³-hybridized carbons (Fsp3) is 0.348. The zero-order valence-electron chi connectivity index (χ0n) is 32.5. The molecule has 0 amide bonds. The molecule has 0 saturated heterocycles. The summed E-state index contributed by atoms with van der Waals surface area (Å²) in [5.74, 6) is 3.10.